The fraction of sp³-hybridized carbons (Fsp3) is 0.333. The summed E-state index contributed by atoms with van der Waals surface area (Å²) in [5.74, 6) is -0.287. The van der Waals surface area contributed by atoms with Crippen LogP contribution in [0.15, 0.2) is 83.3 Å². The summed E-state index contributed by atoms with van der Waals surface area (Å²) in [7, 11) is -2.44. The minimum atomic E-state index is -3.88. The number of para-hydroxylation sites is 2. The molecule has 0 aliphatic rings. The summed E-state index contributed by atoms with van der Waals surface area (Å²) in [6.07, 6.45) is 1.31. The van der Waals surface area contributed by atoms with Gasteiger partial charge in [0.25, 0.3) is 0 Å². The number of amides is 2. The summed E-state index contributed by atoms with van der Waals surface area (Å²) < 4.78 is 33.2. The summed E-state index contributed by atoms with van der Waals surface area (Å²) in [5, 5.41) is 2.97. The Labute approximate surface area is 245 Å². The van der Waals surface area contributed by atoms with E-state index in [0.29, 0.717) is 12.3 Å². The van der Waals surface area contributed by atoms with E-state index in [1.54, 1.807) is 24.3 Å². The van der Waals surface area contributed by atoms with Crippen LogP contribution in [0.25, 0.3) is 0 Å². The number of anilines is 1. The van der Waals surface area contributed by atoms with Crippen molar-refractivity contribution in [1.29, 1.82) is 0 Å². The Balaban J connectivity index is 2.06. The number of halogens is 1. The van der Waals surface area contributed by atoms with Gasteiger partial charge in [-0.1, -0.05) is 84.4 Å². The van der Waals surface area contributed by atoms with E-state index in [2.05, 4.69) is 21.2 Å². The second kappa shape index (κ2) is 14.3. The normalized spacial score (nSPS) is 12.1. The van der Waals surface area contributed by atoms with Crippen LogP contribution >= 0.6 is 15.9 Å². The van der Waals surface area contributed by atoms with Gasteiger partial charge in [0.2, 0.25) is 21.8 Å². The van der Waals surface area contributed by atoms with Crippen molar-refractivity contribution in [2.75, 3.05) is 30.8 Å². The van der Waals surface area contributed by atoms with Crippen LogP contribution in [0.1, 0.15) is 25.0 Å². The first-order valence-corrected chi connectivity index (χ1v) is 15.6. The maximum atomic E-state index is 14.1. The summed E-state index contributed by atoms with van der Waals surface area (Å²) in [4.78, 5) is 29.2. The van der Waals surface area contributed by atoms with E-state index in [1.807, 2.05) is 68.4 Å². The standard InChI is InChI=1S/C30H36BrN3O5S/c1-22(2)19-32-30(36)27(18-23-10-6-5-7-11-23)33(20-24-14-16-25(31)17-15-24)29(35)21-34(40(4,37)38)26-12-8-9-13-28(26)39-3/h5-17,22,27H,18-21H2,1-4H3,(H,32,36). The van der Waals surface area contributed by atoms with Crippen molar-refractivity contribution in [2.45, 2.75) is 32.9 Å². The van der Waals surface area contributed by atoms with Crippen LogP contribution in [0.4, 0.5) is 5.69 Å². The number of hydrogen-bond acceptors (Lipinski definition) is 5. The topological polar surface area (TPSA) is 96.0 Å². The minimum Gasteiger partial charge on any atom is -0.495 e. The Kier molecular flexibility index (Phi) is 11.2. The Bertz CT molecular complexity index is 1380. The molecular formula is C30H36BrN3O5S. The lowest BCUT2D eigenvalue weighted by Crippen LogP contribution is -2.53. The summed E-state index contributed by atoms with van der Waals surface area (Å²) in [6, 6.07) is 22.7. The lowest BCUT2D eigenvalue weighted by molar-refractivity contribution is -0.140. The molecule has 0 fully saturated rings. The van der Waals surface area contributed by atoms with Crippen LogP contribution in [0.3, 0.4) is 0 Å². The lowest BCUT2D eigenvalue weighted by atomic mass is 10.0. The molecule has 3 aromatic carbocycles. The molecule has 0 radical (unpaired) electrons. The second-order valence-electron chi connectivity index (χ2n) is 9.93. The van der Waals surface area contributed by atoms with Crippen LogP contribution in [-0.2, 0) is 32.6 Å². The van der Waals surface area contributed by atoms with Crippen LogP contribution in [0.2, 0.25) is 0 Å². The van der Waals surface area contributed by atoms with E-state index in [0.717, 1.165) is 26.2 Å². The molecule has 40 heavy (non-hydrogen) atoms. The van der Waals surface area contributed by atoms with Gasteiger partial charge in [-0.3, -0.25) is 13.9 Å². The van der Waals surface area contributed by atoms with Gasteiger partial charge in [0.1, 0.15) is 18.3 Å². The highest BCUT2D eigenvalue weighted by molar-refractivity contribution is 9.10. The number of ether oxygens (including phenoxy) is 1. The number of hydrogen-bond donors (Lipinski definition) is 1. The van der Waals surface area contributed by atoms with Crippen LogP contribution in [0.5, 0.6) is 5.75 Å². The zero-order valence-corrected chi connectivity index (χ0v) is 25.6. The summed E-state index contributed by atoms with van der Waals surface area (Å²) in [6.45, 7) is 4.05. The lowest BCUT2D eigenvalue weighted by Gasteiger charge is -2.34. The maximum absolute atomic E-state index is 14.1. The van der Waals surface area contributed by atoms with Gasteiger partial charge in [0.15, 0.2) is 0 Å². The SMILES string of the molecule is COc1ccccc1N(CC(=O)N(Cc1ccc(Br)cc1)C(Cc1ccccc1)C(=O)NCC(C)C)S(C)(=O)=O. The third-order valence-corrected chi connectivity index (χ3v) is 7.91. The van der Waals surface area contributed by atoms with Crippen molar-refractivity contribution in [3.63, 3.8) is 0 Å². The molecule has 0 heterocycles. The number of nitrogens with zero attached hydrogens (tertiary/aromatic N) is 2. The van der Waals surface area contributed by atoms with Crippen molar-refractivity contribution >= 4 is 43.5 Å². The van der Waals surface area contributed by atoms with Crippen molar-refractivity contribution in [3.8, 4) is 5.75 Å². The van der Waals surface area contributed by atoms with E-state index >= 15 is 0 Å². The van der Waals surface area contributed by atoms with Gasteiger partial charge in [-0.15, -0.1) is 0 Å². The largest absolute Gasteiger partial charge is 0.495 e. The zero-order valence-electron chi connectivity index (χ0n) is 23.2. The highest BCUT2D eigenvalue weighted by Gasteiger charge is 2.33. The number of benzene rings is 3. The molecule has 1 N–H and O–H groups in total. The van der Waals surface area contributed by atoms with E-state index in [-0.39, 0.29) is 30.5 Å². The molecule has 2 amide bonds. The average molecular weight is 631 g/mol. The van der Waals surface area contributed by atoms with Crippen molar-refractivity contribution < 1.29 is 22.7 Å². The van der Waals surface area contributed by atoms with Crippen LogP contribution in [0, 0.1) is 5.92 Å². The number of methoxy groups -OCH3 is 1. The molecular weight excluding hydrogens is 594 g/mol. The molecule has 0 saturated carbocycles. The van der Waals surface area contributed by atoms with Gasteiger partial charge < -0.3 is 15.0 Å². The highest BCUT2D eigenvalue weighted by atomic mass is 79.9. The minimum absolute atomic E-state index is 0.113. The number of carbonyl (C=O) groups excluding carboxylic acids is 2. The first-order chi connectivity index (χ1) is 19.0. The number of sulfonamides is 1. The predicted molar refractivity (Wildman–Crippen MR) is 162 cm³/mol. The summed E-state index contributed by atoms with van der Waals surface area (Å²) in [5.41, 5.74) is 1.92. The molecule has 0 aromatic heterocycles. The number of rotatable bonds is 13. The molecule has 3 aromatic rings. The first kappa shape index (κ1) is 31.2. The van der Waals surface area contributed by atoms with Gasteiger partial charge in [-0.25, -0.2) is 8.42 Å². The fourth-order valence-corrected chi connectivity index (χ4v) is 5.31. The van der Waals surface area contributed by atoms with E-state index < -0.39 is 28.5 Å². The fourth-order valence-electron chi connectivity index (χ4n) is 4.19. The van der Waals surface area contributed by atoms with Gasteiger partial charge in [0.05, 0.1) is 19.1 Å². The van der Waals surface area contributed by atoms with Crippen molar-refractivity contribution in [3.05, 3.63) is 94.5 Å². The molecule has 0 aliphatic carbocycles. The molecule has 1 atom stereocenters. The quantitative estimate of drug-likeness (QED) is 0.297. The molecule has 0 saturated heterocycles. The molecule has 8 nitrogen and oxygen atoms in total. The number of nitrogens with one attached hydrogen (secondary N) is 1. The van der Waals surface area contributed by atoms with E-state index in [1.165, 1.54) is 12.0 Å². The second-order valence-corrected chi connectivity index (χ2v) is 12.8. The molecule has 0 bridgehead atoms. The van der Waals surface area contributed by atoms with Crippen LogP contribution in [-0.4, -0.2) is 57.6 Å². The van der Waals surface area contributed by atoms with E-state index in [9.17, 15) is 18.0 Å². The third-order valence-electron chi connectivity index (χ3n) is 6.25. The van der Waals surface area contributed by atoms with Gasteiger partial charge in [0, 0.05) is 24.0 Å². The first-order valence-electron chi connectivity index (χ1n) is 13.0. The Morgan fingerprint density at radius 3 is 2.15 bits per heavy atom. The van der Waals surface area contributed by atoms with E-state index in [4.69, 9.17) is 4.74 Å². The van der Waals surface area contributed by atoms with Crippen molar-refractivity contribution in [1.82, 2.24) is 10.2 Å². The van der Waals surface area contributed by atoms with Crippen molar-refractivity contribution in [2.24, 2.45) is 5.92 Å². The maximum Gasteiger partial charge on any atom is 0.244 e. The third kappa shape index (κ3) is 8.82. The Morgan fingerprint density at radius 2 is 1.55 bits per heavy atom. The average Bonchev–Trinajstić information content (AvgIpc) is 2.93. The van der Waals surface area contributed by atoms with Crippen LogP contribution < -0.4 is 14.4 Å². The Hall–Kier alpha value is -3.37. The molecule has 10 heteroatoms. The molecule has 1 unspecified atom stereocenters. The zero-order chi connectivity index (χ0) is 29.3. The van der Waals surface area contributed by atoms with Gasteiger partial charge in [-0.2, -0.15) is 0 Å². The molecule has 3 rings (SSSR count). The molecule has 0 aliphatic heterocycles. The summed E-state index contributed by atoms with van der Waals surface area (Å²) >= 11 is 3.44. The Morgan fingerprint density at radius 1 is 0.925 bits per heavy atom. The van der Waals surface area contributed by atoms with Gasteiger partial charge >= 0.3 is 0 Å². The number of carbonyl (C=O) groups is 2. The molecule has 0 spiro atoms. The smallest absolute Gasteiger partial charge is 0.244 e. The predicted octanol–water partition coefficient (Wildman–Crippen LogP) is 4.64. The highest BCUT2D eigenvalue weighted by Crippen LogP contribution is 2.30. The van der Waals surface area contributed by atoms with Gasteiger partial charge in [-0.05, 0) is 41.3 Å². The molecule has 214 valence electrons. The monoisotopic (exact) mass is 629 g/mol.